The monoisotopic (exact) mass is 367 g/mol. The van der Waals surface area contributed by atoms with Gasteiger partial charge in [0.15, 0.2) is 0 Å². The lowest BCUT2D eigenvalue weighted by Gasteiger charge is -2.09. The molecule has 2 heterocycles. The third-order valence-corrected chi connectivity index (χ3v) is 4.16. The third-order valence-electron chi connectivity index (χ3n) is 4.16. The second-order valence-corrected chi connectivity index (χ2v) is 5.99. The van der Waals surface area contributed by atoms with Crippen LogP contribution in [0, 0.1) is 21.4 Å². The van der Waals surface area contributed by atoms with Crippen LogP contribution in [0.1, 0.15) is 18.6 Å². The summed E-state index contributed by atoms with van der Waals surface area (Å²) in [6, 6.07) is 11.1. The summed E-state index contributed by atoms with van der Waals surface area (Å²) in [5, 5.41) is 23.1. The number of amides is 1. The number of hydrogen-bond acceptors (Lipinski definition) is 6. The molecule has 8 heteroatoms. The van der Waals surface area contributed by atoms with Crippen LogP contribution in [-0.4, -0.2) is 30.1 Å². The maximum Gasteiger partial charge on any atom is 0.280 e. The molecule has 0 spiro atoms. The molecule has 1 atom stereocenters. The van der Waals surface area contributed by atoms with Crippen molar-refractivity contribution in [3.63, 3.8) is 0 Å². The lowest BCUT2D eigenvalue weighted by Crippen LogP contribution is -2.32. The first-order chi connectivity index (χ1) is 13.1. The van der Waals surface area contributed by atoms with E-state index in [1.807, 2.05) is 6.07 Å². The number of nitrogens with zero attached hydrogens (tertiary/aromatic N) is 2. The van der Waals surface area contributed by atoms with E-state index in [1.54, 1.807) is 30.3 Å². The summed E-state index contributed by atoms with van der Waals surface area (Å²) in [7, 11) is 0. The maximum absolute atomic E-state index is 12.2. The van der Waals surface area contributed by atoms with Crippen LogP contribution in [0.3, 0.4) is 0 Å². The highest BCUT2D eigenvalue weighted by Gasteiger charge is 2.19. The number of nitro groups is 1. The van der Waals surface area contributed by atoms with Crippen LogP contribution in [0.4, 0.5) is 5.69 Å². The minimum Gasteiger partial charge on any atom is -0.456 e. The van der Waals surface area contributed by atoms with Crippen molar-refractivity contribution >= 4 is 17.7 Å². The predicted molar refractivity (Wildman–Crippen MR) is 96.4 cm³/mol. The Bertz CT molecular complexity index is 919. The molecule has 1 aliphatic heterocycles. The highest BCUT2D eigenvalue weighted by atomic mass is 16.6. The Morgan fingerprint density at radius 2 is 2.19 bits per heavy atom. The van der Waals surface area contributed by atoms with Crippen LogP contribution in [0.25, 0.3) is 17.4 Å². The van der Waals surface area contributed by atoms with Crippen molar-refractivity contribution in [1.29, 1.82) is 5.26 Å². The number of para-hydroxylation sites is 1. The number of furan rings is 1. The zero-order valence-electron chi connectivity index (χ0n) is 14.4. The number of hydrogen-bond donors (Lipinski definition) is 1. The molecule has 1 aromatic carbocycles. The normalized spacial score (nSPS) is 16.7. The van der Waals surface area contributed by atoms with E-state index < -0.39 is 10.8 Å². The molecule has 0 bridgehead atoms. The van der Waals surface area contributed by atoms with Crippen LogP contribution >= 0.6 is 0 Å². The predicted octanol–water partition coefficient (Wildman–Crippen LogP) is 3.06. The standard InChI is InChI=1S/C19H17N3O5/c20-11-13(19(23)21-12-15-4-3-9-26-15)10-14-7-8-18(27-14)16-5-1-2-6-17(16)22(24)25/h1-2,5-8,10,15H,3-4,9,12H2,(H,21,23)/b13-10-/t15-/m0/s1. The van der Waals surface area contributed by atoms with Crippen LogP contribution in [0.5, 0.6) is 0 Å². The zero-order chi connectivity index (χ0) is 19.2. The Kier molecular flexibility index (Phi) is 5.64. The quantitative estimate of drug-likeness (QED) is 0.363. The summed E-state index contributed by atoms with van der Waals surface area (Å²) in [6.07, 6.45) is 3.12. The fourth-order valence-electron chi connectivity index (χ4n) is 2.81. The highest BCUT2D eigenvalue weighted by molar-refractivity contribution is 6.01. The maximum atomic E-state index is 12.2. The summed E-state index contributed by atoms with van der Waals surface area (Å²) >= 11 is 0. The second-order valence-electron chi connectivity index (χ2n) is 5.99. The molecule has 1 aliphatic rings. The van der Waals surface area contributed by atoms with Crippen molar-refractivity contribution in [3.8, 4) is 17.4 Å². The van der Waals surface area contributed by atoms with E-state index in [9.17, 15) is 20.2 Å². The first kappa shape index (κ1) is 18.4. The van der Waals surface area contributed by atoms with Crippen molar-refractivity contribution in [2.75, 3.05) is 13.2 Å². The summed E-state index contributed by atoms with van der Waals surface area (Å²) in [4.78, 5) is 22.8. The molecule has 0 saturated carbocycles. The fourth-order valence-corrected chi connectivity index (χ4v) is 2.81. The van der Waals surface area contributed by atoms with Crippen LogP contribution in [0.2, 0.25) is 0 Å². The number of rotatable bonds is 6. The van der Waals surface area contributed by atoms with E-state index in [1.165, 1.54) is 12.1 Å². The molecule has 1 aromatic heterocycles. The van der Waals surface area contributed by atoms with Crippen molar-refractivity contribution in [2.24, 2.45) is 0 Å². The van der Waals surface area contributed by atoms with Gasteiger partial charge in [0.1, 0.15) is 23.2 Å². The Morgan fingerprint density at radius 3 is 2.89 bits per heavy atom. The van der Waals surface area contributed by atoms with Crippen LogP contribution in [0.15, 0.2) is 46.4 Å². The third kappa shape index (κ3) is 4.40. The van der Waals surface area contributed by atoms with E-state index >= 15 is 0 Å². The molecule has 8 nitrogen and oxygen atoms in total. The van der Waals surface area contributed by atoms with Gasteiger partial charge in [-0.2, -0.15) is 5.26 Å². The molecule has 1 N–H and O–H groups in total. The average Bonchev–Trinajstić information content (AvgIpc) is 3.36. The topological polar surface area (TPSA) is 118 Å². The lowest BCUT2D eigenvalue weighted by molar-refractivity contribution is -0.384. The smallest absolute Gasteiger partial charge is 0.280 e. The number of ether oxygens (including phenoxy) is 1. The van der Waals surface area contributed by atoms with Gasteiger partial charge in [-0.05, 0) is 31.0 Å². The first-order valence-corrected chi connectivity index (χ1v) is 8.43. The lowest BCUT2D eigenvalue weighted by atomic mass is 10.1. The molecule has 3 rings (SSSR count). The SMILES string of the molecule is N#C/C(=C/c1ccc(-c2ccccc2[N+](=O)[O-])o1)C(=O)NC[C@@H]1CCCO1. The minimum absolute atomic E-state index is 0.0252. The van der Waals surface area contributed by atoms with E-state index in [0.29, 0.717) is 18.7 Å². The molecule has 0 aliphatic carbocycles. The molecule has 1 saturated heterocycles. The summed E-state index contributed by atoms with van der Waals surface area (Å²) in [5.41, 5.74) is 0.122. The van der Waals surface area contributed by atoms with Crippen LogP contribution in [-0.2, 0) is 9.53 Å². The van der Waals surface area contributed by atoms with Gasteiger partial charge in [0, 0.05) is 25.3 Å². The van der Waals surface area contributed by atoms with Crippen molar-refractivity contribution in [2.45, 2.75) is 18.9 Å². The number of nitriles is 1. The van der Waals surface area contributed by atoms with Crippen molar-refractivity contribution in [1.82, 2.24) is 5.32 Å². The Morgan fingerprint density at radius 1 is 1.37 bits per heavy atom. The Labute approximate surface area is 155 Å². The van der Waals surface area contributed by atoms with Crippen molar-refractivity contribution in [3.05, 3.63) is 57.8 Å². The Hall–Kier alpha value is -3.44. The largest absolute Gasteiger partial charge is 0.456 e. The summed E-state index contributed by atoms with van der Waals surface area (Å²) in [6.45, 7) is 1.03. The highest BCUT2D eigenvalue weighted by Crippen LogP contribution is 2.31. The molecule has 1 fully saturated rings. The van der Waals surface area contributed by atoms with Gasteiger partial charge < -0.3 is 14.5 Å². The van der Waals surface area contributed by atoms with Gasteiger partial charge in [-0.15, -0.1) is 0 Å². The number of carbonyl (C=O) groups excluding carboxylic acids is 1. The first-order valence-electron chi connectivity index (χ1n) is 8.43. The van der Waals surface area contributed by atoms with Gasteiger partial charge >= 0.3 is 0 Å². The van der Waals surface area contributed by atoms with E-state index in [4.69, 9.17) is 9.15 Å². The summed E-state index contributed by atoms with van der Waals surface area (Å²) in [5.74, 6) is 0.0224. The Balaban J connectivity index is 1.75. The number of nitro benzene ring substituents is 1. The molecular formula is C19H17N3O5. The van der Waals surface area contributed by atoms with Gasteiger partial charge in [0.05, 0.1) is 16.6 Å². The molecule has 27 heavy (non-hydrogen) atoms. The number of benzene rings is 1. The summed E-state index contributed by atoms with van der Waals surface area (Å²) < 4.78 is 11.0. The molecule has 1 amide bonds. The molecule has 0 unspecified atom stereocenters. The molecule has 138 valence electrons. The van der Waals surface area contributed by atoms with Gasteiger partial charge in [-0.1, -0.05) is 12.1 Å². The zero-order valence-corrected chi connectivity index (χ0v) is 14.4. The fraction of sp³-hybridized carbons (Fsp3) is 0.263. The molecule has 0 radical (unpaired) electrons. The van der Waals surface area contributed by atoms with E-state index in [-0.39, 0.29) is 28.9 Å². The molecular weight excluding hydrogens is 350 g/mol. The van der Waals surface area contributed by atoms with Crippen molar-refractivity contribution < 1.29 is 18.9 Å². The number of carbonyl (C=O) groups is 1. The van der Waals surface area contributed by atoms with E-state index in [0.717, 1.165) is 12.8 Å². The van der Waals surface area contributed by atoms with E-state index in [2.05, 4.69) is 5.32 Å². The van der Waals surface area contributed by atoms with Gasteiger partial charge in [0.25, 0.3) is 11.6 Å². The second kappa shape index (κ2) is 8.29. The number of nitrogens with one attached hydrogen (secondary N) is 1. The van der Waals surface area contributed by atoms with Gasteiger partial charge in [-0.3, -0.25) is 14.9 Å². The molecule has 2 aromatic rings. The average molecular weight is 367 g/mol. The van der Waals surface area contributed by atoms with Gasteiger partial charge in [0.2, 0.25) is 0 Å². The van der Waals surface area contributed by atoms with Gasteiger partial charge in [-0.25, -0.2) is 0 Å². The van der Waals surface area contributed by atoms with Crippen LogP contribution < -0.4 is 5.32 Å². The minimum atomic E-state index is -0.517.